The minimum Gasteiger partial charge on any atom is -0.388 e. The molecule has 3 heteroatoms. The van der Waals surface area contributed by atoms with Crippen LogP contribution in [0, 0.1) is 0 Å². The van der Waals surface area contributed by atoms with Crippen molar-refractivity contribution in [1.29, 1.82) is 0 Å². The van der Waals surface area contributed by atoms with Crippen molar-refractivity contribution in [1.82, 2.24) is 10.3 Å². The SMILES string of the molecule is CCc1ccc(CC(C)(O)CNC)nc1. The Kier molecular flexibility index (Phi) is 4.24. The monoisotopic (exact) mass is 208 g/mol. The molecule has 1 heterocycles. The van der Waals surface area contributed by atoms with Crippen molar-refractivity contribution < 1.29 is 5.11 Å². The van der Waals surface area contributed by atoms with Crippen LogP contribution in [0.3, 0.4) is 0 Å². The number of nitrogens with zero attached hydrogens (tertiary/aromatic N) is 1. The van der Waals surface area contributed by atoms with Gasteiger partial charge < -0.3 is 10.4 Å². The zero-order valence-corrected chi connectivity index (χ0v) is 9.75. The quantitative estimate of drug-likeness (QED) is 0.763. The summed E-state index contributed by atoms with van der Waals surface area (Å²) in [6.07, 6.45) is 3.46. The molecule has 0 saturated heterocycles. The van der Waals surface area contributed by atoms with E-state index in [1.54, 1.807) is 0 Å². The second-order valence-electron chi connectivity index (χ2n) is 4.22. The van der Waals surface area contributed by atoms with Gasteiger partial charge in [-0.1, -0.05) is 13.0 Å². The largest absolute Gasteiger partial charge is 0.388 e. The third-order valence-electron chi connectivity index (χ3n) is 2.41. The minimum absolute atomic E-state index is 0.574. The Morgan fingerprint density at radius 1 is 1.47 bits per heavy atom. The van der Waals surface area contributed by atoms with Crippen molar-refractivity contribution >= 4 is 0 Å². The Morgan fingerprint density at radius 2 is 2.20 bits per heavy atom. The average molecular weight is 208 g/mol. The highest BCUT2D eigenvalue weighted by Gasteiger charge is 2.20. The lowest BCUT2D eigenvalue weighted by atomic mass is 9.99. The van der Waals surface area contributed by atoms with Gasteiger partial charge in [0.25, 0.3) is 0 Å². The lowest BCUT2D eigenvalue weighted by molar-refractivity contribution is 0.0613. The molecule has 0 aromatic carbocycles. The molecule has 0 fully saturated rings. The summed E-state index contributed by atoms with van der Waals surface area (Å²) in [7, 11) is 1.84. The van der Waals surface area contributed by atoms with Gasteiger partial charge in [-0.25, -0.2) is 0 Å². The third-order valence-corrected chi connectivity index (χ3v) is 2.41. The summed E-state index contributed by atoms with van der Waals surface area (Å²) >= 11 is 0. The average Bonchev–Trinajstić information content (AvgIpc) is 2.18. The van der Waals surface area contributed by atoms with Crippen LogP contribution in [0.4, 0.5) is 0 Å². The van der Waals surface area contributed by atoms with Gasteiger partial charge in [-0.3, -0.25) is 4.98 Å². The maximum atomic E-state index is 9.99. The smallest absolute Gasteiger partial charge is 0.0798 e. The molecule has 1 aromatic heterocycles. The summed E-state index contributed by atoms with van der Waals surface area (Å²) in [5.74, 6) is 0. The van der Waals surface area contributed by atoms with E-state index in [1.807, 2.05) is 26.2 Å². The molecule has 3 nitrogen and oxygen atoms in total. The summed E-state index contributed by atoms with van der Waals surface area (Å²) < 4.78 is 0. The molecule has 1 unspecified atom stereocenters. The highest BCUT2D eigenvalue weighted by molar-refractivity contribution is 5.15. The predicted octanol–water partition coefficient (Wildman–Crippen LogP) is 1.16. The fourth-order valence-corrected chi connectivity index (χ4v) is 1.60. The molecule has 0 aliphatic rings. The van der Waals surface area contributed by atoms with Crippen molar-refractivity contribution in [3.63, 3.8) is 0 Å². The first-order valence-corrected chi connectivity index (χ1v) is 5.38. The van der Waals surface area contributed by atoms with Crippen LogP contribution in [0.1, 0.15) is 25.1 Å². The highest BCUT2D eigenvalue weighted by Crippen LogP contribution is 2.11. The number of likely N-dealkylation sites (N-methyl/N-ethyl adjacent to an activating group) is 1. The molecule has 84 valence electrons. The maximum Gasteiger partial charge on any atom is 0.0798 e. The summed E-state index contributed by atoms with van der Waals surface area (Å²) in [5.41, 5.74) is 1.44. The summed E-state index contributed by atoms with van der Waals surface area (Å²) in [6, 6.07) is 4.06. The second-order valence-corrected chi connectivity index (χ2v) is 4.22. The van der Waals surface area contributed by atoms with Gasteiger partial charge in [0.15, 0.2) is 0 Å². The molecule has 1 rings (SSSR count). The van der Waals surface area contributed by atoms with E-state index in [1.165, 1.54) is 5.56 Å². The Labute approximate surface area is 91.5 Å². The van der Waals surface area contributed by atoms with E-state index < -0.39 is 5.60 Å². The van der Waals surface area contributed by atoms with Crippen LogP contribution in [0.25, 0.3) is 0 Å². The zero-order valence-electron chi connectivity index (χ0n) is 9.75. The van der Waals surface area contributed by atoms with Gasteiger partial charge in [-0.2, -0.15) is 0 Å². The summed E-state index contributed by atoms with van der Waals surface area (Å²) in [5, 5.41) is 13.0. The molecule has 0 radical (unpaired) electrons. The zero-order chi connectivity index (χ0) is 11.3. The van der Waals surface area contributed by atoms with Crippen LogP contribution in [0.2, 0.25) is 0 Å². The first kappa shape index (κ1) is 12.1. The topological polar surface area (TPSA) is 45.1 Å². The van der Waals surface area contributed by atoms with Crippen LogP contribution >= 0.6 is 0 Å². The van der Waals surface area contributed by atoms with Crippen molar-refractivity contribution in [2.45, 2.75) is 32.3 Å². The molecule has 0 bridgehead atoms. The predicted molar refractivity (Wildman–Crippen MR) is 61.9 cm³/mol. The molecule has 1 atom stereocenters. The first-order chi connectivity index (χ1) is 7.07. The van der Waals surface area contributed by atoms with Crippen LogP contribution < -0.4 is 5.32 Å². The lowest BCUT2D eigenvalue weighted by Gasteiger charge is -2.22. The number of rotatable bonds is 5. The Balaban J connectivity index is 2.64. The van der Waals surface area contributed by atoms with E-state index in [0.29, 0.717) is 13.0 Å². The van der Waals surface area contributed by atoms with Gasteiger partial charge in [-0.05, 0) is 32.0 Å². The van der Waals surface area contributed by atoms with Crippen molar-refractivity contribution in [3.05, 3.63) is 29.6 Å². The molecule has 0 amide bonds. The Morgan fingerprint density at radius 3 is 2.67 bits per heavy atom. The van der Waals surface area contributed by atoms with E-state index >= 15 is 0 Å². The Hall–Kier alpha value is -0.930. The van der Waals surface area contributed by atoms with Gasteiger partial charge in [-0.15, -0.1) is 0 Å². The number of aryl methyl sites for hydroxylation is 1. The third kappa shape index (κ3) is 3.98. The molecular weight excluding hydrogens is 188 g/mol. The number of pyridine rings is 1. The molecule has 0 aliphatic heterocycles. The molecule has 15 heavy (non-hydrogen) atoms. The summed E-state index contributed by atoms with van der Waals surface area (Å²) in [6.45, 7) is 4.50. The van der Waals surface area contributed by atoms with E-state index in [0.717, 1.165) is 12.1 Å². The van der Waals surface area contributed by atoms with Gasteiger partial charge in [0.2, 0.25) is 0 Å². The van der Waals surface area contributed by atoms with E-state index in [2.05, 4.69) is 23.3 Å². The maximum absolute atomic E-state index is 9.99. The van der Waals surface area contributed by atoms with Gasteiger partial charge in [0.1, 0.15) is 0 Å². The second kappa shape index (κ2) is 5.24. The van der Waals surface area contributed by atoms with Crippen molar-refractivity contribution in [2.75, 3.05) is 13.6 Å². The molecular formula is C12H20N2O. The van der Waals surface area contributed by atoms with Gasteiger partial charge in [0, 0.05) is 24.9 Å². The van der Waals surface area contributed by atoms with Crippen molar-refractivity contribution in [3.8, 4) is 0 Å². The Bertz CT molecular complexity index is 293. The molecule has 0 saturated carbocycles. The van der Waals surface area contributed by atoms with Crippen LogP contribution in [-0.4, -0.2) is 29.3 Å². The number of aliphatic hydroxyl groups is 1. The molecule has 2 N–H and O–H groups in total. The number of hydrogen-bond donors (Lipinski definition) is 2. The van der Waals surface area contributed by atoms with Gasteiger partial charge in [0.05, 0.1) is 5.60 Å². The van der Waals surface area contributed by atoms with Crippen LogP contribution in [0.5, 0.6) is 0 Å². The molecule has 0 spiro atoms. The minimum atomic E-state index is -0.727. The number of nitrogens with one attached hydrogen (secondary N) is 1. The highest BCUT2D eigenvalue weighted by atomic mass is 16.3. The summed E-state index contributed by atoms with van der Waals surface area (Å²) in [4.78, 5) is 4.33. The van der Waals surface area contributed by atoms with Crippen LogP contribution in [0.15, 0.2) is 18.3 Å². The molecule has 1 aromatic rings. The lowest BCUT2D eigenvalue weighted by Crippen LogP contribution is -2.38. The van der Waals surface area contributed by atoms with Crippen molar-refractivity contribution in [2.24, 2.45) is 0 Å². The van der Waals surface area contributed by atoms with Crippen LogP contribution in [-0.2, 0) is 12.8 Å². The number of aromatic nitrogens is 1. The standard InChI is InChI=1S/C12H20N2O/c1-4-10-5-6-11(14-8-10)7-12(2,15)9-13-3/h5-6,8,13,15H,4,7,9H2,1-3H3. The van der Waals surface area contributed by atoms with E-state index in [-0.39, 0.29) is 0 Å². The fraction of sp³-hybridized carbons (Fsp3) is 0.583. The normalized spacial score (nSPS) is 14.9. The van der Waals surface area contributed by atoms with Gasteiger partial charge >= 0.3 is 0 Å². The number of hydrogen-bond acceptors (Lipinski definition) is 3. The fourth-order valence-electron chi connectivity index (χ4n) is 1.60. The molecule has 0 aliphatic carbocycles. The van der Waals surface area contributed by atoms with E-state index in [4.69, 9.17) is 0 Å². The van der Waals surface area contributed by atoms with E-state index in [9.17, 15) is 5.11 Å². The first-order valence-electron chi connectivity index (χ1n) is 5.38.